The van der Waals surface area contributed by atoms with E-state index in [9.17, 15) is 9.90 Å². The molecular weight excluding hydrogens is 335 g/mol. The van der Waals surface area contributed by atoms with Crippen LogP contribution in [0.5, 0.6) is 0 Å². The number of hydrogen-bond donors (Lipinski definition) is 1. The van der Waals surface area contributed by atoms with Crippen molar-refractivity contribution in [3.05, 3.63) is 76.0 Å². The highest BCUT2D eigenvalue weighted by atomic mass is 35.5. The van der Waals surface area contributed by atoms with Gasteiger partial charge in [0.25, 0.3) is 0 Å². The van der Waals surface area contributed by atoms with Crippen molar-refractivity contribution in [2.45, 2.75) is 6.54 Å². The average Bonchev–Trinajstić information content (AvgIpc) is 2.95. The predicted molar refractivity (Wildman–Crippen MR) is 90.2 cm³/mol. The van der Waals surface area contributed by atoms with E-state index in [4.69, 9.17) is 23.2 Å². The fraction of sp³-hybridized carbons (Fsp3) is 0.0588. The second-order valence-electron chi connectivity index (χ2n) is 4.97. The first-order valence-corrected chi connectivity index (χ1v) is 7.59. The molecule has 0 saturated carbocycles. The van der Waals surface area contributed by atoms with E-state index in [0.717, 1.165) is 5.56 Å². The molecule has 0 radical (unpaired) electrons. The quantitative estimate of drug-likeness (QED) is 0.750. The van der Waals surface area contributed by atoms with Gasteiger partial charge in [-0.15, -0.1) is 0 Å². The van der Waals surface area contributed by atoms with Gasteiger partial charge in [0.1, 0.15) is 5.82 Å². The summed E-state index contributed by atoms with van der Waals surface area (Å²) >= 11 is 12.2. The molecule has 1 aromatic heterocycles. The molecule has 3 rings (SSSR count). The second-order valence-corrected chi connectivity index (χ2v) is 5.81. The summed E-state index contributed by atoms with van der Waals surface area (Å²) in [4.78, 5) is 15.7. The van der Waals surface area contributed by atoms with E-state index in [1.807, 2.05) is 10.6 Å². The van der Waals surface area contributed by atoms with Crippen LogP contribution in [0, 0.1) is 0 Å². The molecule has 1 N–H and O–H groups in total. The van der Waals surface area contributed by atoms with Gasteiger partial charge < -0.3 is 9.67 Å². The predicted octanol–water partition coefficient (Wildman–Crippen LogP) is 4.60. The number of halogens is 2. The van der Waals surface area contributed by atoms with Crippen LogP contribution in [-0.2, 0) is 6.54 Å². The Morgan fingerprint density at radius 3 is 2.70 bits per heavy atom. The summed E-state index contributed by atoms with van der Waals surface area (Å²) in [5, 5.41) is 10.3. The van der Waals surface area contributed by atoms with Gasteiger partial charge in [-0.2, -0.15) is 0 Å². The number of benzene rings is 2. The number of aromatic nitrogens is 2. The van der Waals surface area contributed by atoms with E-state index in [2.05, 4.69) is 4.98 Å². The third-order valence-corrected chi connectivity index (χ3v) is 4.02. The third-order valence-electron chi connectivity index (χ3n) is 3.48. The lowest BCUT2D eigenvalue weighted by atomic mass is 10.1. The van der Waals surface area contributed by atoms with E-state index in [1.165, 1.54) is 0 Å². The molecule has 0 saturated heterocycles. The molecular formula is C17H12Cl2N2O2. The Labute approximate surface area is 142 Å². The molecule has 0 fully saturated rings. The Balaban J connectivity index is 2.01. The lowest BCUT2D eigenvalue weighted by molar-refractivity contribution is 0.0695. The van der Waals surface area contributed by atoms with Crippen LogP contribution in [0.15, 0.2) is 54.9 Å². The van der Waals surface area contributed by atoms with E-state index < -0.39 is 5.97 Å². The molecule has 0 amide bonds. The van der Waals surface area contributed by atoms with Gasteiger partial charge in [0, 0.05) is 29.5 Å². The number of aromatic carboxylic acids is 1. The molecule has 0 atom stereocenters. The maximum absolute atomic E-state index is 11.3. The van der Waals surface area contributed by atoms with Gasteiger partial charge in [-0.3, -0.25) is 0 Å². The molecule has 3 aromatic rings. The summed E-state index contributed by atoms with van der Waals surface area (Å²) in [6.45, 7) is 0.386. The van der Waals surface area contributed by atoms with Crippen molar-refractivity contribution in [3.63, 3.8) is 0 Å². The lowest BCUT2D eigenvalue weighted by Crippen LogP contribution is -2.07. The number of rotatable bonds is 4. The molecule has 6 heteroatoms. The van der Waals surface area contributed by atoms with Crippen LogP contribution >= 0.6 is 23.2 Å². The lowest BCUT2D eigenvalue weighted by Gasteiger charge is -2.11. The van der Waals surface area contributed by atoms with Crippen LogP contribution in [-0.4, -0.2) is 20.6 Å². The van der Waals surface area contributed by atoms with E-state index >= 15 is 0 Å². The molecule has 4 nitrogen and oxygen atoms in total. The van der Waals surface area contributed by atoms with Crippen LogP contribution in [0.2, 0.25) is 10.0 Å². The van der Waals surface area contributed by atoms with Gasteiger partial charge in [-0.05, 0) is 29.8 Å². The van der Waals surface area contributed by atoms with Crippen molar-refractivity contribution in [2.75, 3.05) is 0 Å². The van der Waals surface area contributed by atoms with Gasteiger partial charge in [0.15, 0.2) is 0 Å². The van der Waals surface area contributed by atoms with Crippen molar-refractivity contribution in [2.24, 2.45) is 0 Å². The molecule has 0 spiro atoms. The van der Waals surface area contributed by atoms with Gasteiger partial charge in [-0.25, -0.2) is 9.78 Å². The first-order chi connectivity index (χ1) is 11.1. The second kappa shape index (κ2) is 6.44. The standard InChI is InChI=1S/C17H12Cl2N2O2/c18-12-5-6-14(15(19)9-12)16-20-7-8-21(16)10-11-3-1-2-4-13(11)17(22)23/h1-9H,10H2,(H,22,23). The Hall–Kier alpha value is -2.30. The largest absolute Gasteiger partial charge is 0.478 e. The number of nitrogens with zero attached hydrogens (tertiary/aromatic N) is 2. The number of carbonyl (C=O) groups is 1. The summed E-state index contributed by atoms with van der Waals surface area (Å²) in [6, 6.07) is 12.1. The molecule has 0 aliphatic heterocycles. The summed E-state index contributed by atoms with van der Waals surface area (Å²) in [7, 11) is 0. The minimum atomic E-state index is -0.952. The zero-order valence-electron chi connectivity index (χ0n) is 11.9. The maximum atomic E-state index is 11.3. The van der Waals surface area contributed by atoms with Crippen LogP contribution in [0.3, 0.4) is 0 Å². The molecule has 0 bridgehead atoms. The van der Waals surface area contributed by atoms with Gasteiger partial charge >= 0.3 is 5.97 Å². The topological polar surface area (TPSA) is 55.1 Å². The van der Waals surface area contributed by atoms with Crippen LogP contribution < -0.4 is 0 Å². The van der Waals surface area contributed by atoms with Crippen molar-refractivity contribution in [1.29, 1.82) is 0 Å². The van der Waals surface area contributed by atoms with Crippen LogP contribution in [0.25, 0.3) is 11.4 Å². The number of hydrogen-bond acceptors (Lipinski definition) is 2. The number of carboxylic acid groups (broad SMARTS) is 1. The van der Waals surface area contributed by atoms with Crippen molar-refractivity contribution in [3.8, 4) is 11.4 Å². The molecule has 23 heavy (non-hydrogen) atoms. The molecule has 0 aliphatic carbocycles. The number of carboxylic acids is 1. The highest BCUT2D eigenvalue weighted by Crippen LogP contribution is 2.29. The fourth-order valence-corrected chi connectivity index (χ4v) is 2.90. The zero-order chi connectivity index (χ0) is 16.4. The van der Waals surface area contributed by atoms with Gasteiger partial charge in [0.2, 0.25) is 0 Å². The first-order valence-electron chi connectivity index (χ1n) is 6.84. The SMILES string of the molecule is O=C(O)c1ccccc1Cn1ccnc1-c1ccc(Cl)cc1Cl. The van der Waals surface area contributed by atoms with Crippen LogP contribution in [0.4, 0.5) is 0 Å². The monoisotopic (exact) mass is 346 g/mol. The Bertz CT molecular complexity index is 875. The Morgan fingerprint density at radius 1 is 1.17 bits per heavy atom. The normalized spacial score (nSPS) is 10.7. The number of imidazole rings is 1. The summed E-state index contributed by atoms with van der Waals surface area (Å²) in [5.74, 6) is -0.293. The fourth-order valence-electron chi connectivity index (χ4n) is 2.40. The van der Waals surface area contributed by atoms with Crippen LogP contribution in [0.1, 0.15) is 15.9 Å². The van der Waals surface area contributed by atoms with E-state index in [1.54, 1.807) is 48.8 Å². The maximum Gasteiger partial charge on any atom is 0.336 e. The minimum absolute atomic E-state index is 0.273. The van der Waals surface area contributed by atoms with E-state index in [-0.39, 0.29) is 5.56 Å². The summed E-state index contributed by atoms with van der Waals surface area (Å²) in [5.41, 5.74) is 1.72. The minimum Gasteiger partial charge on any atom is -0.478 e. The summed E-state index contributed by atoms with van der Waals surface area (Å²) in [6.07, 6.45) is 3.45. The average molecular weight is 347 g/mol. The highest BCUT2D eigenvalue weighted by Gasteiger charge is 2.14. The molecule has 1 heterocycles. The van der Waals surface area contributed by atoms with Gasteiger partial charge in [-0.1, -0.05) is 41.4 Å². The van der Waals surface area contributed by atoms with Crippen molar-refractivity contribution in [1.82, 2.24) is 9.55 Å². The summed E-state index contributed by atoms with van der Waals surface area (Å²) < 4.78 is 1.86. The van der Waals surface area contributed by atoms with Crippen molar-refractivity contribution < 1.29 is 9.90 Å². The first kappa shape index (κ1) is 15.6. The van der Waals surface area contributed by atoms with E-state index in [0.29, 0.717) is 28.0 Å². The van der Waals surface area contributed by atoms with Crippen molar-refractivity contribution >= 4 is 29.2 Å². The molecule has 116 valence electrons. The Kier molecular flexibility index (Phi) is 4.37. The Morgan fingerprint density at radius 2 is 1.96 bits per heavy atom. The zero-order valence-corrected chi connectivity index (χ0v) is 13.4. The molecule has 2 aromatic carbocycles. The highest BCUT2D eigenvalue weighted by molar-refractivity contribution is 6.36. The smallest absolute Gasteiger partial charge is 0.336 e. The third kappa shape index (κ3) is 3.23. The van der Waals surface area contributed by atoms with Gasteiger partial charge in [0.05, 0.1) is 10.6 Å². The molecule has 0 unspecified atom stereocenters. The molecule has 0 aliphatic rings.